The molecule has 5 heteroatoms. The van der Waals surface area contributed by atoms with Gasteiger partial charge in [0.15, 0.2) is 0 Å². The molecule has 5 nitrogen and oxygen atoms in total. The Balaban J connectivity index is 2.28. The van der Waals surface area contributed by atoms with Crippen molar-refractivity contribution >= 4 is 11.9 Å². The first-order chi connectivity index (χ1) is 8.63. The third kappa shape index (κ3) is 5.21. The zero-order valence-electron chi connectivity index (χ0n) is 11.2. The second-order valence-electron chi connectivity index (χ2n) is 4.66. The van der Waals surface area contributed by atoms with Gasteiger partial charge in [-0.1, -0.05) is 19.8 Å². The van der Waals surface area contributed by atoms with Crippen LogP contribution in [0.5, 0.6) is 0 Å². The largest absolute Gasteiger partial charge is 0.481 e. The van der Waals surface area contributed by atoms with Crippen molar-refractivity contribution in [2.24, 2.45) is 13.0 Å². The molecule has 0 aliphatic rings. The number of nitrogens with zero attached hydrogens (tertiary/aromatic N) is 2. The van der Waals surface area contributed by atoms with Gasteiger partial charge < -0.3 is 15.0 Å². The molecular formula is C13H23N3O2. The van der Waals surface area contributed by atoms with E-state index in [1.807, 2.05) is 17.8 Å². The summed E-state index contributed by atoms with van der Waals surface area (Å²) in [6, 6.07) is 0. The molecule has 1 rings (SSSR count). The highest BCUT2D eigenvalue weighted by molar-refractivity contribution is 5.66. The van der Waals surface area contributed by atoms with Crippen LogP contribution in [0.15, 0.2) is 12.4 Å². The quantitative estimate of drug-likeness (QED) is 0.709. The molecule has 0 aromatic carbocycles. The Bertz CT molecular complexity index is 363. The van der Waals surface area contributed by atoms with Crippen LogP contribution in [0, 0.1) is 5.92 Å². The summed E-state index contributed by atoms with van der Waals surface area (Å²) in [7, 11) is 1.95. The fraction of sp³-hybridized carbons (Fsp3) is 0.692. The second kappa shape index (κ2) is 7.74. The van der Waals surface area contributed by atoms with Crippen molar-refractivity contribution in [1.82, 2.24) is 9.55 Å². The Morgan fingerprint density at radius 2 is 2.28 bits per heavy atom. The van der Waals surface area contributed by atoms with Crippen LogP contribution in [-0.2, 0) is 11.8 Å². The minimum atomic E-state index is -0.701. The van der Waals surface area contributed by atoms with Gasteiger partial charge in [-0.15, -0.1) is 0 Å². The zero-order chi connectivity index (χ0) is 13.4. The van der Waals surface area contributed by atoms with Gasteiger partial charge in [-0.05, 0) is 18.8 Å². The van der Waals surface area contributed by atoms with Crippen LogP contribution in [0.4, 0.5) is 5.95 Å². The SMILES string of the molecule is CCCC(CCNc1nccn1C)CCC(=O)O. The van der Waals surface area contributed by atoms with Crippen LogP contribution in [0.25, 0.3) is 0 Å². The van der Waals surface area contributed by atoms with Gasteiger partial charge in [0.25, 0.3) is 0 Å². The highest BCUT2D eigenvalue weighted by Gasteiger charge is 2.10. The van der Waals surface area contributed by atoms with Crippen LogP contribution in [0.2, 0.25) is 0 Å². The van der Waals surface area contributed by atoms with Gasteiger partial charge in [0.1, 0.15) is 0 Å². The minimum Gasteiger partial charge on any atom is -0.481 e. The topological polar surface area (TPSA) is 67.2 Å². The number of aliphatic carboxylic acids is 1. The molecule has 18 heavy (non-hydrogen) atoms. The predicted molar refractivity (Wildman–Crippen MR) is 71.6 cm³/mol. The fourth-order valence-corrected chi connectivity index (χ4v) is 2.09. The molecule has 0 aliphatic heterocycles. The molecule has 0 fully saturated rings. The zero-order valence-corrected chi connectivity index (χ0v) is 11.2. The predicted octanol–water partition coefficient (Wildman–Crippen LogP) is 2.50. The van der Waals surface area contributed by atoms with E-state index in [0.29, 0.717) is 5.92 Å². The van der Waals surface area contributed by atoms with Crippen molar-refractivity contribution < 1.29 is 9.90 Å². The lowest BCUT2D eigenvalue weighted by Gasteiger charge is -2.15. The highest BCUT2D eigenvalue weighted by Crippen LogP contribution is 2.17. The standard InChI is InChI=1S/C13H23N3O2/c1-3-4-11(5-6-12(17)18)7-8-14-13-15-9-10-16(13)2/h9-11H,3-8H2,1-2H3,(H,14,15)(H,17,18). The third-order valence-corrected chi connectivity index (χ3v) is 3.12. The van der Waals surface area contributed by atoms with Crippen molar-refractivity contribution in [3.05, 3.63) is 12.4 Å². The molecule has 0 radical (unpaired) electrons. The lowest BCUT2D eigenvalue weighted by atomic mass is 9.94. The number of anilines is 1. The number of aryl methyl sites for hydroxylation is 1. The van der Waals surface area contributed by atoms with E-state index in [4.69, 9.17) is 5.11 Å². The van der Waals surface area contributed by atoms with E-state index in [0.717, 1.165) is 38.2 Å². The number of nitrogens with one attached hydrogen (secondary N) is 1. The van der Waals surface area contributed by atoms with E-state index in [-0.39, 0.29) is 6.42 Å². The Morgan fingerprint density at radius 3 is 2.83 bits per heavy atom. The van der Waals surface area contributed by atoms with Crippen molar-refractivity contribution in [2.45, 2.75) is 39.0 Å². The Hall–Kier alpha value is -1.52. The van der Waals surface area contributed by atoms with Gasteiger partial charge in [0.2, 0.25) is 5.95 Å². The summed E-state index contributed by atoms with van der Waals surface area (Å²) in [5.74, 6) is 0.649. The number of hydrogen-bond acceptors (Lipinski definition) is 3. The van der Waals surface area contributed by atoms with Gasteiger partial charge in [0, 0.05) is 32.4 Å². The maximum Gasteiger partial charge on any atom is 0.303 e. The Labute approximate surface area is 108 Å². The second-order valence-corrected chi connectivity index (χ2v) is 4.66. The number of hydrogen-bond donors (Lipinski definition) is 2. The molecule has 1 unspecified atom stereocenters. The van der Waals surface area contributed by atoms with E-state index in [1.54, 1.807) is 6.20 Å². The number of carboxylic acid groups (broad SMARTS) is 1. The molecular weight excluding hydrogens is 230 g/mol. The molecule has 1 aromatic rings. The lowest BCUT2D eigenvalue weighted by molar-refractivity contribution is -0.137. The number of rotatable bonds is 9. The molecule has 1 atom stereocenters. The van der Waals surface area contributed by atoms with Crippen molar-refractivity contribution in [3.63, 3.8) is 0 Å². The van der Waals surface area contributed by atoms with Gasteiger partial charge in [-0.3, -0.25) is 4.79 Å². The van der Waals surface area contributed by atoms with Crippen LogP contribution >= 0.6 is 0 Å². The smallest absolute Gasteiger partial charge is 0.303 e. The molecule has 0 amide bonds. The average molecular weight is 253 g/mol. The average Bonchev–Trinajstić information content (AvgIpc) is 2.72. The van der Waals surface area contributed by atoms with E-state index >= 15 is 0 Å². The molecule has 0 saturated carbocycles. The molecule has 0 aliphatic carbocycles. The number of carbonyl (C=O) groups is 1. The molecule has 0 bridgehead atoms. The molecule has 102 valence electrons. The van der Waals surface area contributed by atoms with E-state index in [2.05, 4.69) is 17.2 Å². The van der Waals surface area contributed by atoms with Gasteiger partial charge in [-0.25, -0.2) is 4.98 Å². The van der Waals surface area contributed by atoms with Gasteiger partial charge in [-0.2, -0.15) is 0 Å². The summed E-state index contributed by atoms with van der Waals surface area (Å²) < 4.78 is 1.94. The van der Waals surface area contributed by atoms with Crippen molar-refractivity contribution in [3.8, 4) is 0 Å². The minimum absolute atomic E-state index is 0.271. The Morgan fingerprint density at radius 1 is 1.50 bits per heavy atom. The monoisotopic (exact) mass is 253 g/mol. The first-order valence-electron chi connectivity index (χ1n) is 6.56. The summed E-state index contributed by atoms with van der Waals surface area (Å²) in [6.07, 6.45) is 7.89. The van der Waals surface area contributed by atoms with Crippen LogP contribution in [0.3, 0.4) is 0 Å². The summed E-state index contributed by atoms with van der Waals surface area (Å²) in [4.78, 5) is 14.8. The van der Waals surface area contributed by atoms with Crippen LogP contribution < -0.4 is 5.32 Å². The maximum absolute atomic E-state index is 10.6. The summed E-state index contributed by atoms with van der Waals surface area (Å²) >= 11 is 0. The molecule has 0 saturated heterocycles. The normalized spacial score (nSPS) is 12.3. The molecule has 1 heterocycles. The molecule has 1 aromatic heterocycles. The summed E-state index contributed by atoms with van der Waals surface area (Å²) in [5.41, 5.74) is 0. The van der Waals surface area contributed by atoms with E-state index in [9.17, 15) is 4.79 Å². The summed E-state index contributed by atoms with van der Waals surface area (Å²) in [5, 5.41) is 12.0. The van der Waals surface area contributed by atoms with Gasteiger partial charge >= 0.3 is 5.97 Å². The Kier molecular flexibility index (Phi) is 6.25. The van der Waals surface area contributed by atoms with Crippen molar-refractivity contribution in [1.29, 1.82) is 0 Å². The van der Waals surface area contributed by atoms with Crippen molar-refractivity contribution in [2.75, 3.05) is 11.9 Å². The lowest BCUT2D eigenvalue weighted by Crippen LogP contribution is -2.12. The first-order valence-corrected chi connectivity index (χ1v) is 6.56. The maximum atomic E-state index is 10.6. The van der Waals surface area contributed by atoms with Crippen LogP contribution in [0.1, 0.15) is 39.0 Å². The van der Waals surface area contributed by atoms with E-state index in [1.165, 1.54) is 0 Å². The summed E-state index contributed by atoms with van der Waals surface area (Å²) in [6.45, 7) is 2.98. The van der Waals surface area contributed by atoms with Crippen LogP contribution in [-0.4, -0.2) is 27.2 Å². The molecule has 2 N–H and O–H groups in total. The number of carboxylic acids is 1. The molecule has 0 spiro atoms. The van der Waals surface area contributed by atoms with Gasteiger partial charge in [0.05, 0.1) is 0 Å². The third-order valence-electron chi connectivity index (χ3n) is 3.12. The highest BCUT2D eigenvalue weighted by atomic mass is 16.4. The fourth-order valence-electron chi connectivity index (χ4n) is 2.09. The number of imidazole rings is 1. The van der Waals surface area contributed by atoms with E-state index < -0.39 is 5.97 Å². The number of aromatic nitrogens is 2. The first kappa shape index (κ1) is 14.5.